The van der Waals surface area contributed by atoms with E-state index >= 15 is 0 Å². The van der Waals surface area contributed by atoms with Gasteiger partial charge in [0.25, 0.3) is 12.3 Å². The first-order chi connectivity index (χ1) is 8.47. The van der Waals surface area contributed by atoms with Crippen LogP contribution in [0.5, 0.6) is 5.75 Å². The highest BCUT2D eigenvalue weighted by Gasteiger charge is 2.21. The molecule has 6 heteroatoms. The highest BCUT2D eigenvalue weighted by atomic mass is 35.5. The van der Waals surface area contributed by atoms with Gasteiger partial charge in [0.15, 0.2) is 0 Å². The molecule has 0 aliphatic heterocycles. The van der Waals surface area contributed by atoms with Crippen LogP contribution in [0, 0.1) is 6.92 Å². The Morgan fingerprint density at radius 1 is 1.50 bits per heavy atom. The van der Waals surface area contributed by atoms with Gasteiger partial charge in [-0.15, -0.1) is 11.6 Å². The predicted octanol–water partition coefficient (Wildman–Crippen LogP) is 2.65. The fraction of sp³-hybridized carbons (Fsp3) is 0.417. The number of benzene rings is 1. The molecule has 0 saturated heterocycles. The minimum atomic E-state index is -2.62. The molecule has 1 amide bonds. The van der Waals surface area contributed by atoms with Gasteiger partial charge in [-0.2, -0.15) is 0 Å². The number of rotatable bonds is 5. The molecule has 0 bridgehead atoms. The van der Waals surface area contributed by atoms with Crippen molar-refractivity contribution in [1.82, 2.24) is 4.90 Å². The van der Waals surface area contributed by atoms with Crippen molar-refractivity contribution >= 4 is 17.5 Å². The molecule has 100 valence electrons. The second-order valence-corrected chi connectivity index (χ2v) is 4.16. The smallest absolute Gasteiger partial charge is 0.255 e. The first-order valence-corrected chi connectivity index (χ1v) is 5.92. The largest absolute Gasteiger partial charge is 0.508 e. The molecule has 3 nitrogen and oxygen atoms in total. The van der Waals surface area contributed by atoms with Gasteiger partial charge in [-0.25, -0.2) is 8.78 Å². The molecular formula is C12H14ClF2NO2. The molecule has 0 spiro atoms. The van der Waals surface area contributed by atoms with Gasteiger partial charge >= 0.3 is 0 Å². The second-order valence-electron chi connectivity index (χ2n) is 3.78. The van der Waals surface area contributed by atoms with E-state index in [2.05, 4.69) is 0 Å². The van der Waals surface area contributed by atoms with Gasteiger partial charge in [0.1, 0.15) is 5.75 Å². The topological polar surface area (TPSA) is 40.5 Å². The van der Waals surface area contributed by atoms with Gasteiger partial charge < -0.3 is 10.0 Å². The van der Waals surface area contributed by atoms with Gasteiger partial charge in [0.2, 0.25) is 0 Å². The lowest BCUT2D eigenvalue weighted by molar-refractivity contribution is 0.0570. The quantitative estimate of drug-likeness (QED) is 0.841. The summed E-state index contributed by atoms with van der Waals surface area (Å²) in [6.07, 6.45) is -2.62. The lowest BCUT2D eigenvalue weighted by Gasteiger charge is -2.22. The van der Waals surface area contributed by atoms with E-state index in [9.17, 15) is 18.7 Å². The molecule has 1 N–H and O–H groups in total. The van der Waals surface area contributed by atoms with Crippen LogP contribution in [0.2, 0.25) is 0 Å². The second kappa shape index (κ2) is 6.54. The van der Waals surface area contributed by atoms with Crippen LogP contribution in [-0.2, 0) is 0 Å². The molecule has 0 unspecified atom stereocenters. The lowest BCUT2D eigenvalue weighted by Crippen LogP contribution is -2.36. The van der Waals surface area contributed by atoms with Gasteiger partial charge in [-0.3, -0.25) is 4.79 Å². The maximum atomic E-state index is 12.4. The van der Waals surface area contributed by atoms with Gasteiger partial charge in [0, 0.05) is 23.6 Å². The van der Waals surface area contributed by atoms with Crippen molar-refractivity contribution in [2.75, 3.05) is 19.0 Å². The van der Waals surface area contributed by atoms with E-state index in [-0.39, 0.29) is 23.7 Å². The van der Waals surface area contributed by atoms with E-state index in [1.165, 1.54) is 18.2 Å². The number of carbonyl (C=O) groups is 1. The van der Waals surface area contributed by atoms with Crippen molar-refractivity contribution < 1.29 is 18.7 Å². The zero-order chi connectivity index (χ0) is 13.7. The summed E-state index contributed by atoms with van der Waals surface area (Å²) in [6, 6.07) is 4.42. The number of hydrogen-bond acceptors (Lipinski definition) is 2. The Labute approximate surface area is 109 Å². The number of halogens is 3. The maximum Gasteiger partial charge on any atom is 0.255 e. The molecule has 0 heterocycles. The highest BCUT2D eigenvalue weighted by Crippen LogP contribution is 2.21. The molecule has 1 aromatic rings. The van der Waals surface area contributed by atoms with Crippen LogP contribution in [0.25, 0.3) is 0 Å². The average molecular weight is 278 g/mol. The summed E-state index contributed by atoms with van der Waals surface area (Å²) in [6.45, 7) is 0.935. The molecular weight excluding hydrogens is 264 g/mol. The SMILES string of the molecule is Cc1c(O)cccc1C(=O)N(CCCl)CC(F)F. The predicted molar refractivity (Wildman–Crippen MR) is 65.5 cm³/mol. The third kappa shape index (κ3) is 3.57. The third-order valence-electron chi connectivity index (χ3n) is 2.54. The molecule has 0 fully saturated rings. The number of nitrogens with zero attached hydrogens (tertiary/aromatic N) is 1. The van der Waals surface area contributed by atoms with E-state index < -0.39 is 18.9 Å². The maximum absolute atomic E-state index is 12.4. The molecule has 1 rings (SSSR count). The van der Waals surface area contributed by atoms with Gasteiger partial charge in [0.05, 0.1) is 6.54 Å². The van der Waals surface area contributed by atoms with Crippen molar-refractivity contribution in [2.24, 2.45) is 0 Å². The Balaban J connectivity index is 2.98. The van der Waals surface area contributed by atoms with Crippen molar-refractivity contribution in [3.05, 3.63) is 29.3 Å². The Kier molecular flexibility index (Phi) is 5.34. The summed E-state index contributed by atoms with van der Waals surface area (Å²) in [7, 11) is 0. The van der Waals surface area contributed by atoms with E-state index in [1.54, 1.807) is 6.92 Å². The van der Waals surface area contributed by atoms with Crippen LogP contribution in [0.3, 0.4) is 0 Å². The highest BCUT2D eigenvalue weighted by molar-refractivity contribution is 6.18. The third-order valence-corrected chi connectivity index (χ3v) is 2.70. The van der Waals surface area contributed by atoms with Crippen LogP contribution in [0.15, 0.2) is 18.2 Å². The fourth-order valence-corrected chi connectivity index (χ4v) is 1.77. The molecule has 1 aromatic carbocycles. The standard InChI is InChI=1S/C12H14ClF2NO2/c1-8-9(3-2-4-10(8)17)12(18)16(6-5-13)7-11(14)15/h2-4,11,17H,5-7H2,1H3. The molecule has 0 radical (unpaired) electrons. The van der Waals surface area contributed by atoms with Crippen LogP contribution in [-0.4, -0.2) is 41.3 Å². The summed E-state index contributed by atoms with van der Waals surface area (Å²) in [4.78, 5) is 13.1. The van der Waals surface area contributed by atoms with Crippen LogP contribution >= 0.6 is 11.6 Å². The number of phenolic OH excluding ortho intramolecular Hbond substituents is 1. The van der Waals surface area contributed by atoms with Crippen molar-refractivity contribution in [1.29, 1.82) is 0 Å². The van der Waals surface area contributed by atoms with Crippen LogP contribution in [0.4, 0.5) is 8.78 Å². The molecule has 0 aliphatic rings. The molecule has 18 heavy (non-hydrogen) atoms. The fourth-order valence-electron chi connectivity index (χ4n) is 1.57. The molecule has 0 atom stereocenters. The first kappa shape index (κ1) is 14.7. The van der Waals surface area contributed by atoms with Crippen molar-refractivity contribution in [3.8, 4) is 5.75 Å². The zero-order valence-corrected chi connectivity index (χ0v) is 10.6. The summed E-state index contributed by atoms with van der Waals surface area (Å²) >= 11 is 5.49. The number of phenols is 1. The number of carbonyl (C=O) groups excluding carboxylic acids is 1. The summed E-state index contributed by atoms with van der Waals surface area (Å²) in [5.74, 6) is -0.510. The number of amides is 1. The van der Waals surface area contributed by atoms with Gasteiger partial charge in [-0.1, -0.05) is 6.07 Å². The summed E-state index contributed by atoms with van der Waals surface area (Å²) in [5.41, 5.74) is 0.581. The van der Waals surface area contributed by atoms with E-state index in [4.69, 9.17) is 11.6 Å². The average Bonchev–Trinajstić information content (AvgIpc) is 2.31. The Morgan fingerprint density at radius 3 is 2.72 bits per heavy atom. The van der Waals surface area contributed by atoms with Crippen LogP contribution in [0.1, 0.15) is 15.9 Å². The minimum Gasteiger partial charge on any atom is -0.508 e. The van der Waals surface area contributed by atoms with E-state index in [1.807, 2.05) is 0 Å². The van der Waals surface area contributed by atoms with E-state index in [0.717, 1.165) is 4.90 Å². The number of hydrogen-bond donors (Lipinski definition) is 1. The Hall–Kier alpha value is -1.36. The number of aromatic hydroxyl groups is 1. The normalized spacial score (nSPS) is 10.7. The van der Waals surface area contributed by atoms with Crippen molar-refractivity contribution in [3.63, 3.8) is 0 Å². The Morgan fingerprint density at radius 2 is 2.17 bits per heavy atom. The summed E-state index contributed by atoms with van der Waals surface area (Å²) in [5, 5.41) is 9.50. The van der Waals surface area contributed by atoms with E-state index in [0.29, 0.717) is 5.56 Å². The minimum absolute atomic E-state index is 0.0382. The zero-order valence-electron chi connectivity index (χ0n) is 9.87. The van der Waals surface area contributed by atoms with Gasteiger partial charge in [-0.05, 0) is 19.1 Å². The molecule has 0 saturated carbocycles. The lowest BCUT2D eigenvalue weighted by atomic mass is 10.1. The van der Waals surface area contributed by atoms with Crippen molar-refractivity contribution in [2.45, 2.75) is 13.3 Å². The molecule has 0 aliphatic carbocycles. The number of alkyl halides is 3. The van der Waals surface area contributed by atoms with Crippen LogP contribution < -0.4 is 0 Å². The summed E-state index contributed by atoms with van der Waals surface area (Å²) < 4.78 is 24.8. The monoisotopic (exact) mass is 277 g/mol. The molecule has 0 aromatic heterocycles. The Bertz CT molecular complexity index is 427. The first-order valence-electron chi connectivity index (χ1n) is 5.39.